The standard InChI is InChI=1S/C14H16N4O3S/c1-8-2-3-22-13(8)10-4-11(10)14(21)15-5-9-6-18(17-16-9)7-12(19)20/h2-3,6,10-11H,4-5,7H2,1H3,(H,15,21)(H,19,20). The van der Waals surface area contributed by atoms with E-state index in [2.05, 4.69) is 34.0 Å². The Balaban J connectivity index is 1.50. The van der Waals surface area contributed by atoms with Crippen molar-refractivity contribution in [2.24, 2.45) is 5.92 Å². The van der Waals surface area contributed by atoms with Gasteiger partial charge in [0.2, 0.25) is 5.91 Å². The highest BCUT2D eigenvalue weighted by Crippen LogP contribution is 2.50. The van der Waals surface area contributed by atoms with E-state index in [0.29, 0.717) is 11.6 Å². The maximum absolute atomic E-state index is 12.1. The van der Waals surface area contributed by atoms with Crippen LogP contribution < -0.4 is 5.32 Å². The van der Waals surface area contributed by atoms with Gasteiger partial charge in [-0.25, -0.2) is 4.68 Å². The number of thiophene rings is 1. The summed E-state index contributed by atoms with van der Waals surface area (Å²) in [5.41, 5.74) is 1.81. The smallest absolute Gasteiger partial charge is 0.325 e. The second kappa shape index (κ2) is 5.88. The third kappa shape index (κ3) is 3.16. The molecule has 7 nitrogen and oxygen atoms in total. The largest absolute Gasteiger partial charge is 0.480 e. The number of rotatable bonds is 6. The normalized spacial score (nSPS) is 19.9. The van der Waals surface area contributed by atoms with Crippen LogP contribution in [0.5, 0.6) is 0 Å². The first-order valence-corrected chi connectivity index (χ1v) is 7.85. The number of aryl methyl sites for hydroxylation is 1. The fraction of sp³-hybridized carbons (Fsp3) is 0.429. The number of aromatic nitrogens is 3. The first-order chi connectivity index (χ1) is 10.5. The second-order valence-electron chi connectivity index (χ2n) is 5.44. The number of carboxylic acid groups (broad SMARTS) is 1. The van der Waals surface area contributed by atoms with Gasteiger partial charge in [-0.05, 0) is 30.4 Å². The Hall–Kier alpha value is -2.22. The molecule has 1 fully saturated rings. The van der Waals surface area contributed by atoms with E-state index < -0.39 is 5.97 Å². The van der Waals surface area contributed by atoms with Crippen LogP contribution in [0.3, 0.4) is 0 Å². The highest BCUT2D eigenvalue weighted by Gasteiger charge is 2.45. The Morgan fingerprint density at radius 2 is 2.36 bits per heavy atom. The van der Waals surface area contributed by atoms with Gasteiger partial charge in [0, 0.05) is 16.7 Å². The van der Waals surface area contributed by atoms with Crippen LogP contribution in [0.1, 0.15) is 28.5 Å². The molecule has 0 aromatic carbocycles. The zero-order valence-electron chi connectivity index (χ0n) is 12.0. The molecule has 2 atom stereocenters. The van der Waals surface area contributed by atoms with Gasteiger partial charge >= 0.3 is 5.97 Å². The molecule has 1 amide bonds. The molecule has 0 bridgehead atoms. The van der Waals surface area contributed by atoms with Crippen LogP contribution >= 0.6 is 11.3 Å². The maximum atomic E-state index is 12.1. The van der Waals surface area contributed by atoms with Crippen molar-refractivity contribution in [3.05, 3.63) is 33.8 Å². The Kier molecular flexibility index (Phi) is 3.93. The van der Waals surface area contributed by atoms with Crippen LogP contribution in [0.25, 0.3) is 0 Å². The molecular weight excluding hydrogens is 304 g/mol. The van der Waals surface area contributed by atoms with Gasteiger partial charge in [-0.1, -0.05) is 5.21 Å². The number of carbonyl (C=O) groups excluding carboxylic acids is 1. The quantitative estimate of drug-likeness (QED) is 0.832. The predicted octanol–water partition coefficient (Wildman–Crippen LogP) is 1.15. The number of carbonyl (C=O) groups is 2. The Morgan fingerprint density at radius 3 is 3.05 bits per heavy atom. The number of aliphatic carboxylic acids is 1. The van der Waals surface area contributed by atoms with Crippen molar-refractivity contribution in [1.29, 1.82) is 0 Å². The average molecular weight is 320 g/mol. The number of nitrogens with zero attached hydrogens (tertiary/aromatic N) is 3. The molecule has 0 saturated heterocycles. The van der Waals surface area contributed by atoms with Crippen molar-refractivity contribution in [2.75, 3.05) is 0 Å². The van der Waals surface area contributed by atoms with E-state index in [1.165, 1.54) is 21.3 Å². The minimum atomic E-state index is -0.979. The lowest BCUT2D eigenvalue weighted by atomic mass is 10.2. The third-order valence-corrected chi connectivity index (χ3v) is 4.84. The van der Waals surface area contributed by atoms with Crippen LogP contribution in [-0.4, -0.2) is 32.0 Å². The monoisotopic (exact) mass is 320 g/mol. The first kappa shape index (κ1) is 14.7. The van der Waals surface area contributed by atoms with Gasteiger partial charge in [0.05, 0.1) is 12.7 Å². The van der Waals surface area contributed by atoms with Crippen LogP contribution in [0, 0.1) is 12.8 Å². The lowest BCUT2D eigenvalue weighted by molar-refractivity contribution is -0.138. The SMILES string of the molecule is Cc1ccsc1C1CC1C(=O)NCc1cn(CC(=O)O)nn1. The van der Waals surface area contributed by atoms with Gasteiger partial charge in [-0.15, -0.1) is 16.4 Å². The second-order valence-corrected chi connectivity index (χ2v) is 6.38. The summed E-state index contributed by atoms with van der Waals surface area (Å²) < 4.78 is 1.23. The summed E-state index contributed by atoms with van der Waals surface area (Å²) in [4.78, 5) is 24.0. The van der Waals surface area contributed by atoms with Crippen LogP contribution in [0.2, 0.25) is 0 Å². The molecule has 22 heavy (non-hydrogen) atoms. The highest BCUT2D eigenvalue weighted by molar-refractivity contribution is 7.10. The maximum Gasteiger partial charge on any atom is 0.325 e. The van der Waals surface area contributed by atoms with Gasteiger partial charge < -0.3 is 10.4 Å². The van der Waals surface area contributed by atoms with E-state index in [1.807, 2.05) is 0 Å². The summed E-state index contributed by atoms with van der Waals surface area (Å²) in [5, 5.41) is 21.1. The molecule has 2 aromatic rings. The van der Waals surface area contributed by atoms with E-state index in [-0.39, 0.29) is 24.9 Å². The van der Waals surface area contributed by atoms with Crippen molar-refractivity contribution >= 4 is 23.2 Å². The van der Waals surface area contributed by atoms with Crippen LogP contribution in [0.4, 0.5) is 0 Å². The van der Waals surface area contributed by atoms with Crippen molar-refractivity contribution in [1.82, 2.24) is 20.3 Å². The van der Waals surface area contributed by atoms with Crippen molar-refractivity contribution in [2.45, 2.75) is 32.4 Å². The molecule has 1 saturated carbocycles. The summed E-state index contributed by atoms with van der Waals surface area (Å²) in [7, 11) is 0. The predicted molar refractivity (Wildman–Crippen MR) is 79.4 cm³/mol. The van der Waals surface area contributed by atoms with Crippen LogP contribution in [-0.2, 0) is 22.7 Å². The van der Waals surface area contributed by atoms with Gasteiger partial charge in [0.15, 0.2) is 0 Å². The lowest BCUT2D eigenvalue weighted by Crippen LogP contribution is -2.25. The zero-order valence-corrected chi connectivity index (χ0v) is 12.8. The van der Waals surface area contributed by atoms with Crippen LogP contribution in [0.15, 0.2) is 17.6 Å². The summed E-state index contributed by atoms with van der Waals surface area (Å²) in [5.74, 6) is -0.590. The summed E-state index contributed by atoms with van der Waals surface area (Å²) in [6, 6.07) is 2.08. The highest BCUT2D eigenvalue weighted by atomic mass is 32.1. The van der Waals surface area contributed by atoms with Crippen molar-refractivity contribution in [3.8, 4) is 0 Å². The molecule has 3 rings (SSSR count). The van der Waals surface area contributed by atoms with E-state index in [1.54, 1.807) is 11.3 Å². The zero-order chi connectivity index (χ0) is 15.7. The first-order valence-electron chi connectivity index (χ1n) is 6.97. The molecule has 8 heteroatoms. The minimum absolute atomic E-state index is 0.0191. The molecule has 2 N–H and O–H groups in total. The van der Waals surface area contributed by atoms with E-state index >= 15 is 0 Å². The average Bonchev–Trinajstić information content (AvgIpc) is 2.94. The molecule has 1 aliphatic rings. The number of nitrogens with one attached hydrogen (secondary N) is 1. The van der Waals surface area contributed by atoms with Crippen molar-refractivity contribution < 1.29 is 14.7 Å². The summed E-state index contributed by atoms with van der Waals surface area (Å²) in [6.07, 6.45) is 2.42. The Bertz CT molecular complexity index is 709. The minimum Gasteiger partial charge on any atom is -0.480 e. The number of hydrogen-bond acceptors (Lipinski definition) is 5. The van der Waals surface area contributed by atoms with Gasteiger partial charge in [-0.3, -0.25) is 9.59 Å². The molecular formula is C14H16N4O3S. The van der Waals surface area contributed by atoms with Gasteiger partial charge in [-0.2, -0.15) is 0 Å². The van der Waals surface area contributed by atoms with Gasteiger partial charge in [0.1, 0.15) is 12.2 Å². The molecule has 1 aliphatic carbocycles. The number of carboxylic acids is 1. The number of hydrogen-bond donors (Lipinski definition) is 2. The van der Waals surface area contributed by atoms with Crippen molar-refractivity contribution in [3.63, 3.8) is 0 Å². The number of amides is 1. The molecule has 0 radical (unpaired) electrons. The Morgan fingerprint density at radius 1 is 1.55 bits per heavy atom. The van der Waals surface area contributed by atoms with Gasteiger partial charge in [0.25, 0.3) is 0 Å². The molecule has 0 aliphatic heterocycles. The molecule has 2 aromatic heterocycles. The summed E-state index contributed by atoms with van der Waals surface area (Å²) >= 11 is 1.70. The Labute approximate surface area is 131 Å². The lowest BCUT2D eigenvalue weighted by Gasteiger charge is -2.02. The fourth-order valence-electron chi connectivity index (χ4n) is 2.48. The molecule has 0 spiro atoms. The topological polar surface area (TPSA) is 97.1 Å². The molecule has 2 unspecified atom stereocenters. The molecule has 2 heterocycles. The fourth-order valence-corrected chi connectivity index (χ4v) is 3.59. The third-order valence-electron chi connectivity index (χ3n) is 3.69. The molecule has 116 valence electrons. The summed E-state index contributed by atoms with van der Waals surface area (Å²) in [6.45, 7) is 2.11. The van der Waals surface area contributed by atoms with E-state index in [4.69, 9.17) is 5.11 Å². The van der Waals surface area contributed by atoms with E-state index in [0.717, 1.165) is 6.42 Å². The van der Waals surface area contributed by atoms with E-state index in [9.17, 15) is 9.59 Å².